The molecule has 0 fully saturated rings. The van der Waals surface area contributed by atoms with Crippen molar-refractivity contribution in [3.05, 3.63) is 29.8 Å². The molecule has 2 N–H and O–H groups in total. The van der Waals surface area contributed by atoms with E-state index >= 15 is 0 Å². The normalized spacial score (nSPS) is 10.8. The fourth-order valence-electron chi connectivity index (χ4n) is 1.50. The highest BCUT2D eigenvalue weighted by atomic mass is 16.3. The van der Waals surface area contributed by atoms with Gasteiger partial charge in [-0.1, -0.05) is 12.1 Å². The maximum atomic E-state index is 11.4. The van der Waals surface area contributed by atoms with Crippen molar-refractivity contribution in [2.75, 3.05) is 11.9 Å². The summed E-state index contributed by atoms with van der Waals surface area (Å²) in [5, 5.41) is 20.4. The van der Waals surface area contributed by atoms with E-state index in [2.05, 4.69) is 11.4 Å². The summed E-state index contributed by atoms with van der Waals surface area (Å²) in [6.07, 6.45) is 0.771. The summed E-state index contributed by atoms with van der Waals surface area (Å²) in [4.78, 5) is 11.4. The third-order valence-electron chi connectivity index (χ3n) is 2.73. The molecular weight excluding hydrogens is 228 g/mol. The quantitative estimate of drug-likeness (QED) is 0.836. The van der Waals surface area contributed by atoms with Gasteiger partial charge in [0.15, 0.2) is 0 Å². The Labute approximate surface area is 107 Å². The summed E-state index contributed by atoms with van der Waals surface area (Å²) in [7, 11) is 0. The molecule has 0 aromatic heterocycles. The lowest BCUT2D eigenvalue weighted by molar-refractivity contribution is -0.116. The molecule has 0 saturated carbocycles. The van der Waals surface area contributed by atoms with E-state index in [-0.39, 0.29) is 12.5 Å². The Morgan fingerprint density at radius 1 is 1.39 bits per heavy atom. The highest BCUT2D eigenvalue weighted by Crippen LogP contribution is 2.23. The second-order valence-corrected chi connectivity index (χ2v) is 4.69. The average Bonchev–Trinajstić information content (AvgIpc) is 2.37. The van der Waals surface area contributed by atoms with Crippen LogP contribution in [0.1, 0.15) is 32.3 Å². The van der Waals surface area contributed by atoms with Crippen LogP contribution in [0, 0.1) is 11.3 Å². The first kappa shape index (κ1) is 14.2. The van der Waals surface area contributed by atoms with E-state index < -0.39 is 5.41 Å². The molecule has 4 heteroatoms. The number of hydrogen-bond acceptors (Lipinski definition) is 3. The second kappa shape index (κ2) is 6.18. The number of hydrogen-bond donors (Lipinski definition) is 2. The molecule has 0 radical (unpaired) electrons. The topological polar surface area (TPSA) is 73.1 Å². The van der Waals surface area contributed by atoms with Crippen LogP contribution < -0.4 is 5.32 Å². The smallest absolute Gasteiger partial charge is 0.224 e. The highest BCUT2D eigenvalue weighted by Gasteiger charge is 2.19. The van der Waals surface area contributed by atoms with Crippen LogP contribution in [0.4, 0.5) is 5.69 Å². The summed E-state index contributed by atoms with van der Waals surface area (Å²) in [5.74, 6) is -0.114. The van der Waals surface area contributed by atoms with Crippen molar-refractivity contribution >= 4 is 11.6 Å². The van der Waals surface area contributed by atoms with Gasteiger partial charge in [-0.3, -0.25) is 4.79 Å². The molecule has 0 bridgehead atoms. The second-order valence-electron chi connectivity index (χ2n) is 4.69. The fraction of sp³-hybridized carbons (Fsp3) is 0.429. The zero-order valence-electron chi connectivity index (χ0n) is 10.7. The zero-order valence-corrected chi connectivity index (χ0v) is 10.7. The molecule has 1 aromatic rings. The predicted molar refractivity (Wildman–Crippen MR) is 70.0 cm³/mol. The van der Waals surface area contributed by atoms with E-state index in [1.165, 1.54) is 0 Å². The number of carbonyl (C=O) groups is 1. The van der Waals surface area contributed by atoms with Crippen molar-refractivity contribution < 1.29 is 9.90 Å². The van der Waals surface area contributed by atoms with Crippen molar-refractivity contribution in [3.8, 4) is 6.07 Å². The third-order valence-corrected chi connectivity index (χ3v) is 2.73. The first-order chi connectivity index (χ1) is 8.49. The monoisotopic (exact) mass is 246 g/mol. The lowest BCUT2D eigenvalue weighted by Crippen LogP contribution is -2.15. The van der Waals surface area contributed by atoms with Gasteiger partial charge in [0.05, 0.1) is 11.5 Å². The molecule has 1 aromatic carbocycles. The number of benzene rings is 1. The van der Waals surface area contributed by atoms with E-state index in [4.69, 9.17) is 10.4 Å². The molecule has 0 saturated heterocycles. The molecule has 0 aliphatic rings. The van der Waals surface area contributed by atoms with Crippen LogP contribution >= 0.6 is 0 Å². The fourth-order valence-corrected chi connectivity index (χ4v) is 1.50. The molecule has 96 valence electrons. The minimum absolute atomic E-state index is 0.0166. The Kier molecular flexibility index (Phi) is 4.87. The first-order valence-electron chi connectivity index (χ1n) is 5.92. The van der Waals surface area contributed by atoms with Gasteiger partial charge in [-0.25, -0.2) is 0 Å². The molecule has 0 aliphatic carbocycles. The van der Waals surface area contributed by atoms with E-state index in [9.17, 15) is 4.79 Å². The van der Waals surface area contributed by atoms with Crippen LogP contribution in [0.5, 0.6) is 0 Å². The van der Waals surface area contributed by atoms with Crippen molar-refractivity contribution in [1.29, 1.82) is 5.26 Å². The highest BCUT2D eigenvalue weighted by molar-refractivity contribution is 5.90. The van der Waals surface area contributed by atoms with E-state index in [1.807, 2.05) is 26.0 Å². The van der Waals surface area contributed by atoms with Gasteiger partial charge in [0.25, 0.3) is 0 Å². The van der Waals surface area contributed by atoms with E-state index in [0.29, 0.717) is 18.5 Å². The molecule has 1 rings (SSSR count). The predicted octanol–water partition coefficient (Wildman–Crippen LogP) is 2.20. The zero-order chi connectivity index (χ0) is 13.6. The lowest BCUT2D eigenvalue weighted by atomic mass is 9.86. The molecule has 0 heterocycles. The maximum Gasteiger partial charge on any atom is 0.224 e. The van der Waals surface area contributed by atoms with Crippen molar-refractivity contribution in [1.82, 2.24) is 0 Å². The Balaban J connectivity index is 2.67. The van der Waals surface area contributed by atoms with Crippen LogP contribution in [0.15, 0.2) is 24.3 Å². The van der Waals surface area contributed by atoms with Gasteiger partial charge in [-0.2, -0.15) is 5.26 Å². The van der Waals surface area contributed by atoms with Gasteiger partial charge in [0, 0.05) is 18.7 Å². The molecule has 4 nitrogen and oxygen atoms in total. The van der Waals surface area contributed by atoms with Crippen molar-refractivity contribution in [3.63, 3.8) is 0 Å². The van der Waals surface area contributed by atoms with Crippen LogP contribution in [0.25, 0.3) is 0 Å². The first-order valence-corrected chi connectivity index (χ1v) is 5.92. The number of rotatable bonds is 5. The number of amides is 1. The van der Waals surface area contributed by atoms with Crippen LogP contribution in [-0.4, -0.2) is 17.6 Å². The van der Waals surface area contributed by atoms with Gasteiger partial charge in [0.2, 0.25) is 5.91 Å². The van der Waals surface area contributed by atoms with Gasteiger partial charge < -0.3 is 10.4 Å². The minimum atomic E-state index is -0.528. The van der Waals surface area contributed by atoms with Crippen LogP contribution in [0.3, 0.4) is 0 Å². The van der Waals surface area contributed by atoms with E-state index in [1.54, 1.807) is 12.1 Å². The number of nitrogens with zero attached hydrogens (tertiary/aromatic N) is 1. The third kappa shape index (κ3) is 3.86. The Morgan fingerprint density at radius 3 is 2.50 bits per heavy atom. The van der Waals surface area contributed by atoms with Gasteiger partial charge in [-0.15, -0.1) is 0 Å². The lowest BCUT2D eigenvalue weighted by Gasteiger charge is -2.16. The van der Waals surface area contributed by atoms with Gasteiger partial charge in [0.1, 0.15) is 0 Å². The molecule has 1 amide bonds. The van der Waals surface area contributed by atoms with Crippen LogP contribution in [0.2, 0.25) is 0 Å². The molecule has 0 aliphatic heterocycles. The van der Waals surface area contributed by atoms with E-state index in [0.717, 1.165) is 5.56 Å². The summed E-state index contributed by atoms with van der Waals surface area (Å²) >= 11 is 0. The SMILES string of the molecule is CC(C)(C#N)c1ccc(NC(=O)CCCO)cc1. The van der Waals surface area contributed by atoms with Crippen molar-refractivity contribution in [2.24, 2.45) is 0 Å². The Hall–Kier alpha value is -1.86. The minimum Gasteiger partial charge on any atom is -0.396 e. The average molecular weight is 246 g/mol. The summed E-state index contributed by atoms with van der Waals surface area (Å²) in [5.41, 5.74) is 1.09. The maximum absolute atomic E-state index is 11.4. The standard InChI is InChI=1S/C14H18N2O2/c1-14(2,10-15)11-5-7-12(8-6-11)16-13(18)4-3-9-17/h5-8,17H,3-4,9H2,1-2H3,(H,16,18). The molecule has 18 heavy (non-hydrogen) atoms. The Morgan fingerprint density at radius 2 is 2.00 bits per heavy atom. The molecule has 0 atom stereocenters. The van der Waals surface area contributed by atoms with Crippen LogP contribution in [-0.2, 0) is 10.2 Å². The molecular formula is C14H18N2O2. The number of nitriles is 1. The number of aliphatic hydroxyl groups is 1. The van der Waals surface area contributed by atoms with Gasteiger partial charge >= 0.3 is 0 Å². The number of aliphatic hydroxyl groups excluding tert-OH is 1. The summed E-state index contributed by atoms with van der Waals surface area (Å²) in [6, 6.07) is 9.47. The number of anilines is 1. The summed E-state index contributed by atoms with van der Waals surface area (Å²) < 4.78 is 0. The van der Waals surface area contributed by atoms with Crippen molar-refractivity contribution in [2.45, 2.75) is 32.1 Å². The number of carbonyl (C=O) groups excluding carboxylic acids is 1. The Bertz CT molecular complexity index is 444. The molecule has 0 spiro atoms. The molecule has 0 unspecified atom stereocenters. The number of nitrogens with one attached hydrogen (secondary N) is 1. The largest absolute Gasteiger partial charge is 0.396 e. The van der Waals surface area contributed by atoms with Gasteiger partial charge in [-0.05, 0) is 38.0 Å². The summed E-state index contributed by atoms with van der Waals surface area (Å²) in [6.45, 7) is 3.71.